The lowest BCUT2D eigenvalue weighted by atomic mass is 10.1. The zero-order valence-corrected chi connectivity index (χ0v) is 13.8. The Kier molecular flexibility index (Phi) is 5.65. The van der Waals surface area contributed by atoms with Gasteiger partial charge in [-0.15, -0.1) is 0 Å². The summed E-state index contributed by atoms with van der Waals surface area (Å²) in [5.41, 5.74) is 2.47. The van der Waals surface area contributed by atoms with Gasteiger partial charge >= 0.3 is 0 Å². The number of carbonyl (C=O) groups excluding carboxylic acids is 1. The average molecular weight is 315 g/mol. The van der Waals surface area contributed by atoms with E-state index in [1.165, 1.54) is 15.6 Å². The number of carbonyl (C=O) groups is 1. The van der Waals surface area contributed by atoms with E-state index in [1.54, 1.807) is 6.07 Å². The third kappa shape index (κ3) is 5.03. The number of hydrogen-bond acceptors (Lipinski definition) is 3. The highest BCUT2D eigenvalue weighted by Crippen LogP contribution is 2.15. The van der Waals surface area contributed by atoms with Crippen LogP contribution in [0.5, 0.6) is 0 Å². The highest BCUT2D eigenvalue weighted by atomic mass is 16.2. The van der Waals surface area contributed by atoms with Crippen molar-refractivity contribution in [2.24, 2.45) is 0 Å². The molecule has 0 radical (unpaired) electrons. The molecule has 1 aromatic carbocycles. The van der Waals surface area contributed by atoms with Gasteiger partial charge in [-0.3, -0.25) is 9.59 Å². The molecule has 6 nitrogen and oxygen atoms in total. The van der Waals surface area contributed by atoms with Crippen molar-refractivity contribution in [3.8, 4) is 11.3 Å². The van der Waals surface area contributed by atoms with E-state index in [-0.39, 0.29) is 18.0 Å². The van der Waals surface area contributed by atoms with Crippen LogP contribution in [-0.4, -0.2) is 42.9 Å². The first-order valence-electron chi connectivity index (χ1n) is 7.66. The number of rotatable bonds is 6. The summed E-state index contributed by atoms with van der Waals surface area (Å²) >= 11 is 0. The molecule has 0 unspecified atom stereocenters. The van der Waals surface area contributed by atoms with E-state index in [0.29, 0.717) is 12.2 Å². The quantitative estimate of drug-likeness (QED) is 0.754. The second-order valence-corrected chi connectivity index (χ2v) is 5.89. The van der Waals surface area contributed by atoms with E-state index in [4.69, 9.17) is 0 Å². The molecular formula is C17H23N4O2+. The van der Waals surface area contributed by atoms with Crippen LogP contribution in [0.4, 0.5) is 0 Å². The highest BCUT2D eigenvalue weighted by molar-refractivity contribution is 5.75. The summed E-state index contributed by atoms with van der Waals surface area (Å²) in [6, 6.07) is 11.0. The van der Waals surface area contributed by atoms with Crippen molar-refractivity contribution in [3.63, 3.8) is 0 Å². The maximum absolute atomic E-state index is 11.9. The van der Waals surface area contributed by atoms with E-state index >= 15 is 0 Å². The maximum atomic E-state index is 11.9. The first-order chi connectivity index (χ1) is 11.0. The van der Waals surface area contributed by atoms with Crippen LogP contribution in [0.1, 0.15) is 5.56 Å². The molecule has 122 valence electrons. The van der Waals surface area contributed by atoms with E-state index in [1.807, 2.05) is 45.3 Å². The monoisotopic (exact) mass is 315 g/mol. The Morgan fingerprint density at radius 2 is 1.87 bits per heavy atom. The fourth-order valence-corrected chi connectivity index (χ4v) is 2.08. The number of benzene rings is 1. The number of nitrogens with zero attached hydrogens (tertiary/aromatic N) is 2. The summed E-state index contributed by atoms with van der Waals surface area (Å²) in [7, 11) is 4.03. The minimum absolute atomic E-state index is 0.0682. The van der Waals surface area contributed by atoms with Gasteiger partial charge in [-0.05, 0) is 13.0 Å². The van der Waals surface area contributed by atoms with Crippen LogP contribution in [0, 0.1) is 6.92 Å². The molecule has 2 N–H and O–H groups in total. The predicted octanol–water partition coefficient (Wildman–Crippen LogP) is -0.521. The van der Waals surface area contributed by atoms with E-state index in [0.717, 1.165) is 17.7 Å². The molecule has 0 aliphatic heterocycles. The number of nitrogens with one attached hydrogen (secondary N) is 2. The van der Waals surface area contributed by atoms with Crippen LogP contribution in [0.2, 0.25) is 0 Å². The molecule has 1 aromatic heterocycles. The summed E-state index contributed by atoms with van der Waals surface area (Å²) in [6.07, 6.45) is 0. The largest absolute Gasteiger partial charge is 0.349 e. The molecule has 0 saturated carbocycles. The second kappa shape index (κ2) is 7.69. The Labute approximate surface area is 135 Å². The lowest BCUT2D eigenvalue weighted by Crippen LogP contribution is -3.06. The summed E-state index contributed by atoms with van der Waals surface area (Å²) in [5.74, 6) is -0.207. The van der Waals surface area contributed by atoms with Gasteiger partial charge in [0.25, 0.3) is 5.56 Å². The van der Waals surface area contributed by atoms with Crippen molar-refractivity contribution in [2.45, 2.75) is 13.5 Å². The number of aryl methyl sites for hydroxylation is 1. The van der Waals surface area contributed by atoms with Gasteiger partial charge in [-0.2, -0.15) is 5.10 Å². The topological polar surface area (TPSA) is 68.4 Å². The molecule has 0 aliphatic rings. The Morgan fingerprint density at radius 3 is 2.52 bits per heavy atom. The second-order valence-electron chi connectivity index (χ2n) is 5.89. The lowest BCUT2D eigenvalue weighted by molar-refractivity contribution is -0.856. The van der Waals surface area contributed by atoms with Gasteiger partial charge in [0.15, 0.2) is 0 Å². The van der Waals surface area contributed by atoms with Crippen LogP contribution >= 0.6 is 0 Å². The minimum atomic E-state index is -0.283. The molecular weight excluding hydrogens is 292 g/mol. The zero-order valence-electron chi connectivity index (χ0n) is 13.8. The number of hydrogen-bond donors (Lipinski definition) is 2. The Morgan fingerprint density at radius 1 is 1.17 bits per heavy atom. The van der Waals surface area contributed by atoms with Gasteiger partial charge in [-0.1, -0.05) is 29.8 Å². The van der Waals surface area contributed by atoms with E-state index < -0.39 is 0 Å². The van der Waals surface area contributed by atoms with Crippen molar-refractivity contribution in [1.82, 2.24) is 15.1 Å². The van der Waals surface area contributed by atoms with Crippen LogP contribution < -0.4 is 15.8 Å². The molecule has 23 heavy (non-hydrogen) atoms. The number of aromatic nitrogens is 2. The van der Waals surface area contributed by atoms with Crippen molar-refractivity contribution >= 4 is 5.91 Å². The predicted molar refractivity (Wildman–Crippen MR) is 89.4 cm³/mol. The third-order valence-electron chi connectivity index (χ3n) is 3.45. The van der Waals surface area contributed by atoms with Crippen molar-refractivity contribution < 1.29 is 9.69 Å². The van der Waals surface area contributed by atoms with Crippen LogP contribution in [-0.2, 0) is 11.3 Å². The Balaban J connectivity index is 2.10. The molecule has 0 bridgehead atoms. The summed E-state index contributed by atoms with van der Waals surface area (Å²) in [6.45, 7) is 3.35. The highest BCUT2D eigenvalue weighted by Gasteiger charge is 2.08. The zero-order chi connectivity index (χ0) is 16.8. The fraction of sp³-hybridized carbons (Fsp3) is 0.353. The summed E-state index contributed by atoms with van der Waals surface area (Å²) < 4.78 is 1.20. The minimum Gasteiger partial charge on any atom is -0.349 e. The molecule has 0 spiro atoms. The SMILES string of the molecule is Cc1ccc(-c2ccc(=O)n(CC(=O)NCC[NH+](C)C)n2)cc1. The van der Waals surface area contributed by atoms with Gasteiger partial charge in [0.1, 0.15) is 6.54 Å². The normalized spacial score (nSPS) is 10.8. The van der Waals surface area contributed by atoms with E-state index in [9.17, 15) is 9.59 Å². The molecule has 1 heterocycles. The molecule has 0 atom stereocenters. The van der Waals surface area contributed by atoms with Crippen molar-refractivity contribution in [2.75, 3.05) is 27.2 Å². The Hall–Kier alpha value is -2.47. The standard InChI is InChI=1S/C17H22N4O2/c1-13-4-6-14(7-5-13)15-8-9-17(23)21(19-15)12-16(22)18-10-11-20(2)3/h4-9H,10-12H2,1-3H3,(H,18,22)/p+1. The maximum Gasteiger partial charge on any atom is 0.267 e. The molecule has 0 saturated heterocycles. The lowest BCUT2D eigenvalue weighted by Gasteiger charge is -2.10. The molecule has 2 aromatic rings. The number of likely N-dealkylation sites (N-methyl/N-ethyl adjacent to an activating group) is 1. The Bertz CT molecular complexity index is 720. The molecule has 0 fully saturated rings. The smallest absolute Gasteiger partial charge is 0.267 e. The first-order valence-corrected chi connectivity index (χ1v) is 7.66. The van der Waals surface area contributed by atoms with Gasteiger partial charge in [0.2, 0.25) is 5.91 Å². The summed E-state index contributed by atoms with van der Waals surface area (Å²) in [5, 5.41) is 7.09. The number of amides is 1. The molecule has 2 rings (SSSR count). The van der Waals surface area contributed by atoms with Crippen LogP contribution in [0.25, 0.3) is 11.3 Å². The molecule has 6 heteroatoms. The third-order valence-corrected chi connectivity index (χ3v) is 3.45. The van der Waals surface area contributed by atoms with Gasteiger partial charge in [0, 0.05) is 11.6 Å². The molecule has 0 aliphatic carbocycles. The molecule has 1 amide bonds. The first kappa shape index (κ1) is 16.9. The fourth-order valence-electron chi connectivity index (χ4n) is 2.08. The van der Waals surface area contributed by atoms with Gasteiger partial charge in [-0.25, -0.2) is 4.68 Å². The van der Waals surface area contributed by atoms with Crippen molar-refractivity contribution in [3.05, 3.63) is 52.3 Å². The van der Waals surface area contributed by atoms with Gasteiger partial charge < -0.3 is 10.2 Å². The average Bonchev–Trinajstić information content (AvgIpc) is 2.50. The van der Waals surface area contributed by atoms with Gasteiger partial charge in [0.05, 0.1) is 32.9 Å². The number of quaternary nitrogens is 1. The van der Waals surface area contributed by atoms with Crippen LogP contribution in [0.15, 0.2) is 41.2 Å². The van der Waals surface area contributed by atoms with Crippen LogP contribution in [0.3, 0.4) is 0 Å². The summed E-state index contributed by atoms with van der Waals surface area (Å²) in [4.78, 5) is 25.1. The van der Waals surface area contributed by atoms with E-state index in [2.05, 4.69) is 10.4 Å². The van der Waals surface area contributed by atoms with Crippen molar-refractivity contribution in [1.29, 1.82) is 0 Å².